The number of thioether (sulfide) groups is 1. The van der Waals surface area contributed by atoms with Crippen LogP contribution in [0.25, 0.3) is 0 Å². The van der Waals surface area contributed by atoms with E-state index in [1.807, 2.05) is 4.90 Å². The number of likely N-dealkylation sites (tertiary alicyclic amines) is 1. The number of carbonyl (C=O) groups is 1. The number of piperidine rings is 1. The first-order valence-electron chi connectivity index (χ1n) is 9.78. The Balaban J connectivity index is 1.44. The SMILES string of the molecule is CC[C@]1(C)Cc2c(sc3c2[C@H](N)N=C(SCC(=O)N2CCCCC2)N3)CO1. The van der Waals surface area contributed by atoms with Crippen LogP contribution in [0.5, 0.6) is 0 Å². The number of anilines is 1. The molecule has 2 atom stereocenters. The Labute approximate surface area is 168 Å². The summed E-state index contributed by atoms with van der Waals surface area (Å²) in [5.74, 6) is 0.608. The second-order valence-corrected chi connectivity index (χ2v) is 9.82. The number of hydrogen-bond acceptors (Lipinski definition) is 7. The normalized spacial score (nSPS) is 27.4. The zero-order valence-corrected chi connectivity index (χ0v) is 17.7. The number of nitrogens with zero attached hydrogens (tertiary/aromatic N) is 2. The molecule has 0 saturated carbocycles. The molecule has 1 amide bonds. The molecule has 0 aliphatic carbocycles. The van der Waals surface area contributed by atoms with Gasteiger partial charge in [0.25, 0.3) is 0 Å². The highest BCUT2D eigenvalue weighted by Crippen LogP contribution is 2.45. The lowest BCUT2D eigenvalue weighted by Gasteiger charge is -2.34. The Hall–Kier alpha value is -1.09. The molecule has 3 N–H and O–H groups in total. The lowest BCUT2D eigenvalue weighted by atomic mass is 9.89. The van der Waals surface area contributed by atoms with E-state index in [4.69, 9.17) is 10.5 Å². The summed E-state index contributed by atoms with van der Waals surface area (Å²) in [6, 6.07) is 0. The molecule has 4 heterocycles. The third-order valence-corrected chi connectivity index (χ3v) is 7.80. The molecule has 1 aromatic heterocycles. The van der Waals surface area contributed by atoms with Crippen molar-refractivity contribution in [2.24, 2.45) is 10.7 Å². The van der Waals surface area contributed by atoms with Gasteiger partial charge in [-0.15, -0.1) is 11.3 Å². The average Bonchev–Trinajstić information content (AvgIpc) is 3.04. The molecule has 8 heteroatoms. The molecule has 148 valence electrons. The number of rotatable bonds is 3. The van der Waals surface area contributed by atoms with E-state index in [9.17, 15) is 4.79 Å². The van der Waals surface area contributed by atoms with Crippen LogP contribution >= 0.6 is 23.1 Å². The molecule has 3 aliphatic rings. The smallest absolute Gasteiger partial charge is 0.233 e. The molecule has 4 rings (SSSR count). The number of nitrogens with two attached hydrogens (primary N) is 1. The van der Waals surface area contributed by atoms with Crippen molar-refractivity contribution in [3.05, 3.63) is 16.0 Å². The second-order valence-electron chi connectivity index (χ2n) is 7.75. The molecular formula is C19H28N4O2S2. The third-order valence-electron chi connectivity index (χ3n) is 5.80. The van der Waals surface area contributed by atoms with Gasteiger partial charge in [-0.1, -0.05) is 18.7 Å². The van der Waals surface area contributed by atoms with E-state index in [1.165, 1.54) is 28.6 Å². The summed E-state index contributed by atoms with van der Waals surface area (Å²) in [5, 5.41) is 5.23. The number of fused-ring (bicyclic) bond motifs is 3. The molecule has 27 heavy (non-hydrogen) atoms. The van der Waals surface area contributed by atoms with E-state index in [0.29, 0.717) is 12.4 Å². The molecule has 0 aromatic carbocycles. The summed E-state index contributed by atoms with van der Waals surface area (Å²) in [6.45, 7) is 6.74. The second kappa shape index (κ2) is 7.73. The van der Waals surface area contributed by atoms with E-state index in [2.05, 4.69) is 24.2 Å². The zero-order valence-electron chi connectivity index (χ0n) is 16.0. The zero-order chi connectivity index (χ0) is 19.0. The van der Waals surface area contributed by atoms with Crippen molar-refractivity contribution in [2.45, 2.75) is 64.3 Å². The first kappa shape index (κ1) is 19.2. The highest BCUT2D eigenvalue weighted by molar-refractivity contribution is 8.14. The average molecular weight is 409 g/mol. The number of amidine groups is 1. The maximum atomic E-state index is 12.4. The van der Waals surface area contributed by atoms with Gasteiger partial charge in [0.05, 0.1) is 18.0 Å². The van der Waals surface area contributed by atoms with Crippen molar-refractivity contribution < 1.29 is 9.53 Å². The van der Waals surface area contributed by atoms with Gasteiger partial charge in [-0.2, -0.15) is 0 Å². The van der Waals surface area contributed by atoms with Gasteiger partial charge < -0.3 is 20.7 Å². The number of amides is 1. The molecule has 1 fully saturated rings. The molecule has 1 aromatic rings. The van der Waals surface area contributed by atoms with Gasteiger partial charge in [-0.25, -0.2) is 4.99 Å². The summed E-state index contributed by atoms with van der Waals surface area (Å²) >= 11 is 3.17. The Kier molecular flexibility index (Phi) is 5.51. The van der Waals surface area contributed by atoms with Gasteiger partial charge in [-0.3, -0.25) is 4.79 Å². The van der Waals surface area contributed by atoms with Crippen LogP contribution in [0.15, 0.2) is 4.99 Å². The monoisotopic (exact) mass is 408 g/mol. The lowest BCUT2D eigenvalue weighted by Crippen LogP contribution is -2.37. The van der Waals surface area contributed by atoms with Crippen LogP contribution in [0.1, 0.15) is 61.7 Å². The first-order chi connectivity index (χ1) is 13.0. The van der Waals surface area contributed by atoms with Crippen LogP contribution < -0.4 is 11.1 Å². The van der Waals surface area contributed by atoms with Crippen LogP contribution in [-0.2, 0) is 22.6 Å². The molecule has 0 bridgehead atoms. The van der Waals surface area contributed by atoms with Gasteiger partial charge in [0.1, 0.15) is 11.2 Å². The fourth-order valence-corrected chi connectivity index (χ4v) is 5.93. The number of aliphatic imine (C=N–C) groups is 1. The highest BCUT2D eigenvalue weighted by Gasteiger charge is 2.36. The molecule has 0 radical (unpaired) electrons. The molecule has 6 nitrogen and oxygen atoms in total. The quantitative estimate of drug-likeness (QED) is 0.800. The summed E-state index contributed by atoms with van der Waals surface area (Å²) in [7, 11) is 0. The fourth-order valence-electron chi connectivity index (χ4n) is 3.89. The fraction of sp³-hybridized carbons (Fsp3) is 0.684. The number of nitrogens with one attached hydrogen (secondary N) is 1. The van der Waals surface area contributed by atoms with Gasteiger partial charge in [0.15, 0.2) is 5.17 Å². The Morgan fingerprint density at radius 2 is 2.22 bits per heavy atom. The Morgan fingerprint density at radius 1 is 1.44 bits per heavy atom. The van der Waals surface area contributed by atoms with Crippen LogP contribution in [0, 0.1) is 0 Å². The van der Waals surface area contributed by atoms with E-state index in [-0.39, 0.29) is 17.7 Å². The van der Waals surface area contributed by atoms with Crippen molar-refractivity contribution in [3.63, 3.8) is 0 Å². The van der Waals surface area contributed by atoms with Crippen LogP contribution in [0.4, 0.5) is 5.00 Å². The lowest BCUT2D eigenvalue weighted by molar-refractivity contribution is -0.129. The molecule has 3 aliphatic heterocycles. The molecular weight excluding hydrogens is 380 g/mol. The van der Waals surface area contributed by atoms with Gasteiger partial charge in [0, 0.05) is 30.0 Å². The number of hydrogen-bond donors (Lipinski definition) is 2. The van der Waals surface area contributed by atoms with Gasteiger partial charge in [0.2, 0.25) is 5.91 Å². The van der Waals surface area contributed by atoms with E-state index < -0.39 is 0 Å². The number of thiophene rings is 1. The number of ether oxygens (including phenoxy) is 1. The van der Waals surface area contributed by atoms with E-state index in [1.54, 1.807) is 11.3 Å². The summed E-state index contributed by atoms with van der Waals surface area (Å²) in [6.07, 6.45) is 4.95. The van der Waals surface area contributed by atoms with Crippen LogP contribution in [0.3, 0.4) is 0 Å². The van der Waals surface area contributed by atoms with Crippen molar-refractivity contribution in [1.29, 1.82) is 0 Å². The standard InChI is InChI=1S/C19H28N4O2S2/c1-3-19(2)9-12-13(10-25-19)27-17-15(12)16(20)21-18(22-17)26-11-14(24)23-7-5-4-6-8-23/h16H,3-11,20H2,1-2H3,(H,21,22)/t16-,19-/m1/s1. The minimum absolute atomic E-state index is 0.124. The van der Waals surface area contributed by atoms with Crippen molar-refractivity contribution >= 4 is 39.2 Å². The van der Waals surface area contributed by atoms with E-state index in [0.717, 1.165) is 54.5 Å². The molecule has 0 spiro atoms. The molecule has 1 saturated heterocycles. The Morgan fingerprint density at radius 3 is 2.96 bits per heavy atom. The van der Waals surface area contributed by atoms with Gasteiger partial charge >= 0.3 is 0 Å². The van der Waals surface area contributed by atoms with Crippen molar-refractivity contribution in [3.8, 4) is 0 Å². The Bertz CT molecular complexity index is 757. The van der Waals surface area contributed by atoms with Crippen LogP contribution in [-0.4, -0.2) is 40.4 Å². The van der Waals surface area contributed by atoms with Crippen molar-refractivity contribution in [2.75, 3.05) is 24.2 Å². The van der Waals surface area contributed by atoms with Crippen molar-refractivity contribution in [1.82, 2.24) is 4.90 Å². The first-order valence-corrected chi connectivity index (χ1v) is 11.6. The van der Waals surface area contributed by atoms with E-state index >= 15 is 0 Å². The van der Waals surface area contributed by atoms with Gasteiger partial charge in [-0.05, 0) is 38.2 Å². The summed E-state index contributed by atoms with van der Waals surface area (Å²) in [4.78, 5) is 20.3. The topological polar surface area (TPSA) is 80.0 Å². The summed E-state index contributed by atoms with van der Waals surface area (Å²) in [5.41, 5.74) is 8.71. The predicted molar refractivity (Wildman–Crippen MR) is 112 cm³/mol. The summed E-state index contributed by atoms with van der Waals surface area (Å²) < 4.78 is 6.08. The predicted octanol–water partition coefficient (Wildman–Crippen LogP) is 3.47. The maximum Gasteiger partial charge on any atom is 0.233 e. The highest BCUT2D eigenvalue weighted by atomic mass is 32.2. The minimum atomic E-state index is -0.368. The maximum absolute atomic E-state index is 12.4. The minimum Gasteiger partial charge on any atom is -0.369 e. The van der Waals surface area contributed by atoms with Crippen LogP contribution in [0.2, 0.25) is 0 Å². The molecule has 0 unspecified atom stereocenters. The third kappa shape index (κ3) is 3.90. The largest absolute Gasteiger partial charge is 0.369 e. The number of carbonyl (C=O) groups excluding carboxylic acids is 1.